The molecule has 0 aliphatic carbocycles. The van der Waals surface area contributed by atoms with Crippen molar-refractivity contribution in [3.8, 4) is 5.82 Å². The SMILES string of the molecule is [131I]c1cccc2cnc(-n3ccc4ccccc43)cc12. The minimum absolute atomic E-state index is 0.961. The zero-order valence-electron chi connectivity index (χ0n) is 10.6. The Balaban J connectivity index is 2.00. The van der Waals surface area contributed by atoms with Crippen LogP contribution in [0, 0.1) is 3.57 Å². The Morgan fingerprint density at radius 3 is 2.70 bits per heavy atom. The summed E-state index contributed by atoms with van der Waals surface area (Å²) in [7, 11) is 0. The second-order valence-electron chi connectivity index (χ2n) is 4.75. The first kappa shape index (κ1) is 11.9. The van der Waals surface area contributed by atoms with Crippen LogP contribution in [0.4, 0.5) is 0 Å². The fourth-order valence-electron chi connectivity index (χ4n) is 2.54. The van der Waals surface area contributed by atoms with Gasteiger partial charge in [-0.25, -0.2) is 4.98 Å². The second kappa shape index (κ2) is 4.59. The van der Waals surface area contributed by atoms with Crippen LogP contribution in [0.1, 0.15) is 0 Å². The number of hydrogen-bond donors (Lipinski definition) is 0. The van der Waals surface area contributed by atoms with Crippen molar-refractivity contribution in [2.75, 3.05) is 0 Å². The van der Waals surface area contributed by atoms with E-state index in [2.05, 4.69) is 92.9 Å². The molecule has 2 nitrogen and oxygen atoms in total. The van der Waals surface area contributed by atoms with E-state index in [1.807, 2.05) is 6.20 Å². The fourth-order valence-corrected chi connectivity index (χ4v) is 3.21. The van der Waals surface area contributed by atoms with Crippen molar-refractivity contribution >= 4 is 44.3 Å². The number of halogens is 1. The van der Waals surface area contributed by atoms with Gasteiger partial charge in [0, 0.05) is 26.7 Å². The smallest absolute Gasteiger partial charge is 0.137 e. The number of aromatic nitrogens is 2. The molecule has 0 spiro atoms. The van der Waals surface area contributed by atoms with Crippen LogP contribution in [0.15, 0.2) is 67.0 Å². The molecule has 0 saturated carbocycles. The number of fused-ring (bicyclic) bond motifs is 2. The molecule has 0 saturated heterocycles. The van der Waals surface area contributed by atoms with Crippen LogP contribution in [0.2, 0.25) is 0 Å². The van der Waals surface area contributed by atoms with Gasteiger partial charge in [0.05, 0.1) is 5.52 Å². The van der Waals surface area contributed by atoms with Crippen molar-refractivity contribution in [3.05, 3.63) is 70.6 Å². The Hall–Kier alpha value is -1.88. The minimum atomic E-state index is 0.961. The first-order chi connectivity index (χ1) is 9.83. The van der Waals surface area contributed by atoms with Gasteiger partial charge >= 0.3 is 0 Å². The van der Waals surface area contributed by atoms with E-state index < -0.39 is 0 Å². The average Bonchev–Trinajstić information content (AvgIpc) is 2.91. The first-order valence-electron chi connectivity index (χ1n) is 6.44. The molecular weight excluding hydrogens is 363 g/mol. The van der Waals surface area contributed by atoms with Gasteiger partial charge < -0.3 is 4.57 Å². The van der Waals surface area contributed by atoms with Crippen molar-refractivity contribution in [3.63, 3.8) is 0 Å². The summed E-state index contributed by atoms with van der Waals surface area (Å²) in [6.45, 7) is 0. The normalized spacial score (nSPS) is 11.2. The van der Waals surface area contributed by atoms with Crippen LogP contribution in [-0.4, -0.2) is 9.55 Å². The molecule has 0 aliphatic heterocycles. The summed E-state index contributed by atoms with van der Waals surface area (Å²) in [6.07, 6.45) is 4.02. The Morgan fingerprint density at radius 1 is 0.900 bits per heavy atom. The van der Waals surface area contributed by atoms with Gasteiger partial charge in [-0.05, 0) is 52.2 Å². The standard InChI is InChI=1S/C17H11IN2/c18-15-6-3-5-13-11-19-17(10-14(13)15)20-9-8-12-4-1-2-7-16(12)20/h1-11H/i18+4. The maximum absolute atomic E-state index is 4.60. The van der Waals surface area contributed by atoms with E-state index in [9.17, 15) is 0 Å². The lowest BCUT2D eigenvalue weighted by Gasteiger charge is -2.07. The van der Waals surface area contributed by atoms with E-state index in [1.54, 1.807) is 0 Å². The molecule has 0 fully saturated rings. The summed E-state index contributed by atoms with van der Waals surface area (Å²) in [5.41, 5.74) is 1.19. The lowest BCUT2D eigenvalue weighted by molar-refractivity contribution is 1.05. The molecule has 20 heavy (non-hydrogen) atoms. The van der Waals surface area contributed by atoms with Crippen LogP contribution < -0.4 is 0 Å². The molecule has 0 atom stereocenters. The second-order valence-corrected chi connectivity index (χ2v) is 5.91. The predicted molar refractivity (Wildman–Crippen MR) is 91.3 cm³/mol. The fraction of sp³-hybridized carbons (Fsp3) is 0. The first-order valence-corrected chi connectivity index (χ1v) is 7.51. The Kier molecular flexibility index (Phi) is 2.73. The van der Waals surface area contributed by atoms with Crippen LogP contribution in [0.3, 0.4) is 0 Å². The summed E-state index contributed by atoms with van der Waals surface area (Å²) in [5, 5.41) is 3.66. The van der Waals surface area contributed by atoms with Crippen LogP contribution in [-0.2, 0) is 0 Å². The minimum Gasteiger partial charge on any atom is -0.301 e. The van der Waals surface area contributed by atoms with Gasteiger partial charge in [-0.3, -0.25) is 0 Å². The maximum Gasteiger partial charge on any atom is 0.137 e. The largest absolute Gasteiger partial charge is 0.301 e. The zero-order valence-corrected chi connectivity index (χ0v) is 12.8. The summed E-state index contributed by atoms with van der Waals surface area (Å²) in [5.74, 6) is 0.961. The molecule has 4 aromatic rings. The number of rotatable bonds is 1. The summed E-state index contributed by atoms with van der Waals surface area (Å²) in [4.78, 5) is 4.60. The molecule has 0 amide bonds. The topological polar surface area (TPSA) is 17.8 Å². The van der Waals surface area contributed by atoms with Gasteiger partial charge in [0.1, 0.15) is 5.82 Å². The van der Waals surface area contributed by atoms with E-state index in [0.717, 1.165) is 5.82 Å². The Morgan fingerprint density at radius 2 is 1.75 bits per heavy atom. The van der Waals surface area contributed by atoms with Gasteiger partial charge in [0.25, 0.3) is 0 Å². The Bertz CT molecular complexity index is 924. The molecule has 4 rings (SSSR count). The third kappa shape index (κ3) is 1.81. The van der Waals surface area contributed by atoms with E-state index >= 15 is 0 Å². The van der Waals surface area contributed by atoms with E-state index in [0.29, 0.717) is 0 Å². The highest BCUT2D eigenvalue weighted by Crippen LogP contribution is 2.24. The van der Waals surface area contributed by atoms with Gasteiger partial charge in [-0.15, -0.1) is 0 Å². The highest BCUT2D eigenvalue weighted by molar-refractivity contribution is 14.1. The molecule has 2 heterocycles. The van der Waals surface area contributed by atoms with Crippen molar-refractivity contribution in [2.45, 2.75) is 0 Å². The quantitative estimate of drug-likeness (QED) is 0.439. The Labute approximate surface area is 130 Å². The monoisotopic (exact) mass is 374 g/mol. The third-order valence-electron chi connectivity index (χ3n) is 3.54. The van der Waals surface area contributed by atoms with Crippen molar-refractivity contribution in [1.82, 2.24) is 9.55 Å². The molecule has 0 aliphatic rings. The molecule has 96 valence electrons. The molecule has 0 unspecified atom stereocenters. The summed E-state index contributed by atoms with van der Waals surface area (Å²) in [6, 6.07) is 18.9. The summed E-state index contributed by atoms with van der Waals surface area (Å²) < 4.78 is 3.39. The molecule has 0 N–H and O–H groups in total. The predicted octanol–water partition coefficient (Wildman–Crippen LogP) is 4.78. The highest BCUT2D eigenvalue weighted by atomic mass is 131. The molecule has 0 bridgehead atoms. The molecule has 2 aromatic carbocycles. The highest BCUT2D eigenvalue weighted by Gasteiger charge is 2.06. The summed E-state index contributed by atoms with van der Waals surface area (Å²) >= 11 is 2.37. The number of nitrogens with zero attached hydrogens (tertiary/aromatic N) is 2. The van der Waals surface area contributed by atoms with Gasteiger partial charge in [0.15, 0.2) is 0 Å². The molecular formula is C17H11IN2. The van der Waals surface area contributed by atoms with Crippen LogP contribution >= 0.6 is 22.6 Å². The van der Waals surface area contributed by atoms with Gasteiger partial charge in [-0.1, -0.05) is 30.3 Å². The van der Waals surface area contributed by atoms with Crippen molar-refractivity contribution < 1.29 is 0 Å². The third-order valence-corrected chi connectivity index (χ3v) is 4.48. The maximum atomic E-state index is 4.60. The van der Waals surface area contributed by atoms with E-state index in [4.69, 9.17) is 0 Å². The number of para-hydroxylation sites is 1. The van der Waals surface area contributed by atoms with Crippen LogP contribution in [0.5, 0.6) is 0 Å². The van der Waals surface area contributed by atoms with Gasteiger partial charge in [0.2, 0.25) is 0 Å². The van der Waals surface area contributed by atoms with Crippen LogP contribution in [0.25, 0.3) is 27.5 Å². The zero-order chi connectivity index (χ0) is 13.5. The lowest BCUT2D eigenvalue weighted by atomic mass is 10.2. The number of hydrogen-bond acceptors (Lipinski definition) is 1. The van der Waals surface area contributed by atoms with E-state index in [-0.39, 0.29) is 0 Å². The number of benzene rings is 2. The lowest BCUT2D eigenvalue weighted by Crippen LogP contribution is -1.95. The molecule has 3 heteroatoms. The van der Waals surface area contributed by atoms with Crippen molar-refractivity contribution in [2.24, 2.45) is 0 Å². The van der Waals surface area contributed by atoms with Gasteiger partial charge in [-0.2, -0.15) is 0 Å². The molecule has 2 aromatic heterocycles. The number of pyridine rings is 1. The van der Waals surface area contributed by atoms with E-state index in [1.165, 1.54) is 25.2 Å². The molecule has 0 radical (unpaired) electrons. The average molecular weight is 374 g/mol. The van der Waals surface area contributed by atoms with Crippen molar-refractivity contribution in [1.29, 1.82) is 0 Å².